The maximum atomic E-state index is 4.90. The molecule has 0 unspecified atom stereocenters. The van der Waals surface area contributed by atoms with Crippen LogP contribution >= 0.6 is 0 Å². The molecule has 0 bridgehead atoms. The maximum absolute atomic E-state index is 4.90. The van der Waals surface area contributed by atoms with Gasteiger partial charge in [0.05, 0.1) is 5.69 Å². The standard InChI is InChI=1S/C65H43N/c1-5-20-44(21-6-1)58-43-59(63(48-25-9-3-10-26-48)64(49-27-11-4-12-28-49)62(58)47-23-7-2-8-24-47)46-36-38-50(39-37-46)60-54-32-15-17-34-56(54)61(57-35-18-16-33-55(57)60)51-29-19-30-52(42-51)65-53-31-14-13-22-45(53)40-41-66-65/h1-43H. The first-order valence-corrected chi connectivity index (χ1v) is 22.7. The fraction of sp³-hybridized carbons (Fsp3) is 0. The molecule has 0 radical (unpaired) electrons. The summed E-state index contributed by atoms with van der Waals surface area (Å²) in [6.07, 6.45) is 1.92. The Bertz CT molecular complexity index is 3650. The Kier molecular flexibility index (Phi) is 9.93. The van der Waals surface area contributed by atoms with Crippen LogP contribution in [0.1, 0.15) is 0 Å². The Balaban J connectivity index is 1.07. The molecule has 0 saturated carbocycles. The summed E-state index contributed by atoms with van der Waals surface area (Å²) < 4.78 is 0. The Morgan fingerprint density at radius 3 is 1.11 bits per heavy atom. The fourth-order valence-electron chi connectivity index (χ4n) is 10.2. The molecular formula is C65H43N. The molecule has 0 N–H and O–H groups in total. The minimum atomic E-state index is 0.997. The molecule has 0 spiro atoms. The van der Waals surface area contributed by atoms with Crippen molar-refractivity contribution in [3.63, 3.8) is 0 Å². The van der Waals surface area contributed by atoms with Crippen molar-refractivity contribution in [3.05, 3.63) is 261 Å². The Labute approximate surface area is 385 Å². The van der Waals surface area contributed by atoms with Crippen LogP contribution in [0.25, 0.3) is 121 Å². The molecule has 0 aliphatic carbocycles. The molecule has 1 heteroatoms. The third-order valence-electron chi connectivity index (χ3n) is 13.1. The highest BCUT2D eigenvalue weighted by Crippen LogP contribution is 2.51. The van der Waals surface area contributed by atoms with Crippen LogP contribution in [0.15, 0.2) is 261 Å². The van der Waals surface area contributed by atoms with Crippen LogP contribution in [0, 0.1) is 0 Å². The zero-order valence-electron chi connectivity index (χ0n) is 36.3. The minimum Gasteiger partial charge on any atom is -0.256 e. The summed E-state index contributed by atoms with van der Waals surface area (Å²) in [5, 5.41) is 7.24. The average molecular weight is 838 g/mol. The molecule has 66 heavy (non-hydrogen) atoms. The third kappa shape index (κ3) is 6.86. The summed E-state index contributed by atoms with van der Waals surface area (Å²) in [4.78, 5) is 4.90. The quantitative estimate of drug-likeness (QED) is 0.139. The molecule has 308 valence electrons. The van der Waals surface area contributed by atoms with Crippen molar-refractivity contribution in [2.75, 3.05) is 0 Å². The van der Waals surface area contributed by atoms with Gasteiger partial charge in [-0.25, -0.2) is 0 Å². The van der Waals surface area contributed by atoms with E-state index in [1.807, 2.05) is 6.20 Å². The van der Waals surface area contributed by atoms with Crippen LogP contribution in [0.5, 0.6) is 0 Å². The van der Waals surface area contributed by atoms with Gasteiger partial charge in [-0.15, -0.1) is 0 Å². The van der Waals surface area contributed by atoms with Gasteiger partial charge in [0.1, 0.15) is 0 Å². The average Bonchev–Trinajstić information content (AvgIpc) is 3.40. The number of hydrogen-bond acceptors (Lipinski definition) is 1. The van der Waals surface area contributed by atoms with Crippen molar-refractivity contribution in [2.24, 2.45) is 0 Å². The van der Waals surface area contributed by atoms with Gasteiger partial charge in [0.15, 0.2) is 0 Å². The van der Waals surface area contributed by atoms with E-state index in [0.29, 0.717) is 0 Å². The molecule has 1 heterocycles. The fourth-order valence-corrected chi connectivity index (χ4v) is 10.2. The zero-order chi connectivity index (χ0) is 43.8. The van der Waals surface area contributed by atoms with Gasteiger partial charge in [0.2, 0.25) is 0 Å². The summed E-state index contributed by atoms with van der Waals surface area (Å²) in [5.74, 6) is 0. The summed E-state index contributed by atoms with van der Waals surface area (Å²) in [7, 11) is 0. The van der Waals surface area contributed by atoms with E-state index in [1.165, 1.54) is 99.3 Å². The predicted molar refractivity (Wildman–Crippen MR) is 280 cm³/mol. The highest BCUT2D eigenvalue weighted by Gasteiger charge is 2.24. The second kappa shape index (κ2) is 16.8. The van der Waals surface area contributed by atoms with Crippen LogP contribution in [-0.4, -0.2) is 4.98 Å². The molecule has 1 aromatic heterocycles. The van der Waals surface area contributed by atoms with Crippen LogP contribution in [0.3, 0.4) is 0 Å². The Morgan fingerprint density at radius 1 is 0.212 bits per heavy atom. The number of hydrogen-bond donors (Lipinski definition) is 0. The molecule has 0 fully saturated rings. The van der Waals surface area contributed by atoms with E-state index in [0.717, 1.165) is 22.2 Å². The van der Waals surface area contributed by atoms with E-state index in [4.69, 9.17) is 4.98 Å². The lowest BCUT2D eigenvalue weighted by Crippen LogP contribution is -1.98. The topological polar surface area (TPSA) is 12.9 Å². The van der Waals surface area contributed by atoms with Crippen LogP contribution < -0.4 is 0 Å². The molecule has 0 aliphatic rings. The number of pyridine rings is 1. The van der Waals surface area contributed by atoms with Crippen molar-refractivity contribution >= 4 is 32.3 Å². The smallest absolute Gasteiger partial charge is 0.0780 e. The van der Waals surface area contributed by atoms with E-state index in [1.54, 1.807) is 0 Å². The Morgan fingerprint density at radius 2 is 0.576 bits per heavy atom. The molecule has 0 saturated heterocycles. The third-order valence-corrected chi connectivity index (χ3v) is 13.1. The SMILES string of the molecule is c1ccc(-c2cc(-c3ccc(-c4c5ccccc5c(-c5cccc(-c6nccc7ccccc67)c5)c5ccccc45)cc3)c(-c3ccccc3)c(-c3ccccc3)c2-c2ccccc2)cc1. The minimum absolute atomic E-state index is 0.997. The number of rotatable bonds is 8. The van der Waals surface area contributed by atoms with Gasteiger partial charge in [-0.1, -0.05) is 237 Å². The predicted octanol–water partition coefficient (Wildman–Crippen LogP) is 17.9. The maximum Gasteiger partial charge on any atom is 0.0780 e. The molecule has 11 aromatic carbocycles. The first-order chi connectivity index (χ1) is 32.8. The second-order valence-electron chi connectivity index (χ2n) is 16.9. The van der Waals surface area contributed by atoms with Crippen LogP contribution in [-0.2, 0) is 0 Å². The second-order valence-corrected chi connectivity index (χ2v) is 16.9. The lowest BCUT2D eigenvalue weighted by Gasteiger charge is -2.24. The number of nitrogens with zero attached hydrogens (tertiary/aromatic N) is 1. The summed E-state index contributed by atoms with van der Waals surface area (Å²) >= 11 is 0. The summed E-state index contributed by atoms with van der Waals surface area (Å²) in [6, 6.07) is 92.7. The molecule has 12 rings (SSSR count). The van der Waals surface area contributed by atoms with Crippen molar-refractivity contribution in [2.45, 2.75) is 0 Å². The molecule has 0 aliphatic heterocycles. The summed E-state index contributed by atoms with van der Waals surface area (Å²) in [5.41, 5.74) is 18.9. The monoisotopic (exact) mass is 837 g/mol. The van der Waals surface area contributed by atoms with E-state index >= 15 is 0 Å². The van der Waals surface area contributed by atoms with Crippen molar-refractivity contribution in [3.8, 4) is 89.1 Å². The zero-order valence-corrected chi connectivity index (χ0v) is 36.3. The number of fused-ring (bicyclic) bond motifs is 3. The van der Waals surface area contributed by atoms with E-state index in [-0.39, 0.29) is 0 Å². The van der Waals surface area contributed by atoms with Crippen molar-refractivity contribution in [1.82, 2.24) is 4.98 Å². The largest absolute Gasteiger partial charge is 0.256 e. The number of aromatic nitrogens is 1. The van der Waals surface area contributed by atoms with Gasteiger partial charge >= 0.3 is 0 Å². The molecular weight excluding hydrogens is 795 g/mol. The van der Waals surface area contributed by atoms with Crippen LogP contribution in [0.4, 0.5) is 0 Å². The van der Waals surface area contributed by atoms with Gasteiger partial charge in [0.25, 0.3) is 0 Å². The first-order valence-electron chi connectivity index (χ1n) is 22.7. The van der Waals surface area contributed by atoms with Gasteiger partial charge in [-0.2, -0.15) is 0 Å². The lowest BCUT2D eigenvalue weighted by molar-refractivity contribution is 1.36. The number of benzene rings is 11. The van der Waals surface area contributed by atoms with Gasteiger partial charge in [0, 0.05) is 17.1 Å². The normalized spacial score (nSPS) is 11.3. The lowest BCUT2D eigenvalue weighted by atomic mass is 9.78. The highest BCUT2D eigenvalue weighted by atomic mass is 14.7. The first kappa shape index (κ1) is 39.0. The van der Waals surface area contributed by atoms with E-state index in [9.17, 15) is 0 Å². The van der Waals surface area contributed by atoms with Crippen molar-refractivity contribution in [1.29, 1.82) is 0 Å². The molecule has 0 atom stereocenters. The van der Waals surface area contributed by atoms with Gasteiger partial charge in [-0.3, -0.25) is 4.98 Å². The van der Waals surface area contributed by atoms with E-state index in [2.05, 4.69) is 255 Å². The Hall–Kier alpha value is -8.65. The molecule has 1 nitrogen and oxygen atoms in total. The van der Waals surface area contributed by atoms with Crippen molar-refractivity contribution < 1.29 is 0 Å². The highest BCUT2D eigenvalue weighted by molar-refractivity contribution is 6.21. The van der Waals surface area contributed by atoms with E-state index < -0.39 is 0 Å². The summed E-state index contributed by atoms with van der Waals surface area (Å²) in [6.45, 7) is 0. The molecule has 12 aromatic rings. The van der Waals surface area contributed by atoms with Gasteiger partial charge < -0.3 is 0 Å². The van der Waals surface area contributed by atoms with Crippen LogP contribution in [0.2, 0.25) is 0 Å². The molecule has 0 amide bonds. The van der Waals surface area contributed by atoms with Gasteiger partial charge in [-0.05, 0) is 123 Å².